The minimum absolute atomic E-state index is 0. The molecule has 3 nitrogen and oxygen atoms in total. The van der Waals surface area contributed by atoms with Crippen LogP contribution in [0.15, 0.2) is 36.4 Å². The lowest BCUT2D eigenvalue weighted by Crippen LogP contribution is -2.16. The Hall–Kier alpha value is -1.13. The van der Waals surface area contributed by atoms with Gasteiger partial charge in [-0.3, -0.25) is 0 Å². The number of hydrogen-bond donors (Lipinski definition) is 1. The Labute approximate surface area is 172 Å². The largest absolute Gasteiger partial charge is 0.493 e. The van der Waals surface area contributed by atoms with Gasteiger partial charge in [0.05, 0.1) is 12.1 Å². The first-order valence-electron chi connectivity index (χ1n) is 8.44. The number of halogens is 3. The maximum absolute atomic E-state index is 6.41. The Balaban J connectivity index is 0.00000338. The second kappa shape index (κ2) is 11.6. The quantitative estimate of drug-likeness (QED) is 0.496. The first-order chi connectivity index (χ1) is 12.0. The van der Waals surface area contributed by atoms with E-state index in [1.165, 1.54) is 0 Å². The number of ether oxygens (including phenoxy) is 2. The van der Waals surface area contributed by atoms with Gasteiger partial charge >= 0.3 is 0 Å². The van der Waals surface area contributed by atoms with Crippen LogP contribution in [0.25, 0.3) is 0 Å². The van der Waals surface area contributed by atoms with Crippen molar-refractivity contribution in [2.24, 2.45) is 5.92 Å². The van der Waals surface area contributed by atoms with Crippen molar-refractivity contribution in [2.75, 3.05) is 13.7 Å². The molecule has 2 rings (SSSR count). The molecule has 0 aliphatic heterocycles. The normalized spacial score (nSPS) is 10.5. The molecule has 0 heterocycles. The van der Waals surface area contributed by atoms with Crippen LogP contribution in [0, 0.1) is 5.92 Å². The second-order valence-electron chi connectivity index (χ2n) is 6.38. The van der Waals surface area contributed by atoms with Gasteiger partial charge in [0.2, 0.25) is 0 Å². The summed E-state index contributed by atoms with van der Waals surface area (Å²) < 4.78 is 11.3. The molecule has 0 amide bonds. The van der Waals surface area contributed by atoms with Gasteiger partial charge in [-0.2, -0.15) is 0 Å². The highest BCUT2D eigenvalue weighted by molar-refractivity contribution is 6.32. The maximum Gasteiger partial charge on any atom is 0.180 e. The summed E-state index contributed by atoms with van der Waals surface area (Å²) in [6, 6.07) is 11.4. The van der Waals surface area contributed by atoms with Crippen molar-refractivity contribution >= 4 is 35.6 Å². The third kappa shape index (κ3) is 7.24. The average Bonchev–Trinajstić information content (AvgIpc) is 2.58. The average molecular weight is 419 g/mol. The zero-order valence-electron chi connectivity index (χ0n) is 15.4. The molecular weight excluding hydrogens is 393 g/mol. The van der Waals surface area contributed by atoms with E-state index in [2.05, 4.69) is 19.2 Å². The lowest BCUT2D eigenvalue weighted by molar-refractivity contribution is 0.284. The Bertz CT molecular complexity index is 676. The summed E-state index contributed by atoms with van der Waals surface area (Å²) in [5, 5.41) is 4.68. The SMILES string of the molecule is COc1cc(CNCCC(C)C)cc(Cl)c1OCc1ccc(Cl)cc1.Cl. The summed E-state index contributed by atoms with van der Waals surface area (Å²) in [6.45, 7) is 6.56. The predicted molar refractivity (Wildman–Crippen MR) is 112 cm³/mol. The zero-order chi connectivity index (χ0) is 18.2. The molecule has 0 bridgehead atoms. The van der Waals surface area contributed by atoms with Crippen LogP contribution in [-0.2, 0) is 13.2 Å². The van der Waals surface area contributed by atoms with Gasteiger partial charge in [-0.05, 0) is 54.3 Å². The highest BCUT2D eigenvalue weighted by Crippen LogP contribution is 2.37. The van der Waals surface area contributed by atoms with Crippen LogP contribution in [0.5, 0.6) is 11.5 Å². The molecule has 1 N–H and O–H groups in total. The van der Waals surface area contributed by atoms with E-state index >= 15 is 0 Å². The summed E-state index contributed by atoms with van der Waals surface area (Å²) in [5.41, 5.74) is 2.09. The van der Waals surface area contributed by atoms with E-state index in [-0.39, 0.29) is 12.4 Å². The van der Waals surface area contributed by atoms with Crippen molar-refractivity contribution in [3.8, 4) is 11.5 Å². The molecule has 0 spiro atoms. The molecule has 2 aromatic rings. The standard InChI is InChI=1S/C20H25Cl2NO2.ClH/c1-14(2)8-9-23-12-16-10-18(22)20(19(11-16)24-3)25-13-15-4-6-17(21)7-5-15;/h4-7,10-11,14,23H,8-9,12-13H2,1-3H3;1H. The Morgan fingerprint density at radius 2 is 1.73 bits per heavy atom. The van der Waals surface area contributed by atoms with E-state index < -0.39 is 0 Å². The highest BCUT2D eigenvalue weighted by atomic mass is 35.5. The molecule has 26 heavy (non-hydrogen) atoms. The van der Waals surface area contributed by atoms with Crippen molar-refractivity contribution in [1.82, 2.24) is 5.32 Å². The fraction of sp³-hybridized carbons (Fsp3) is 0.400. The molecule has 0 aromatic heterocycles. The lowest BCUT2D eigenvalue weighted by Gasteiger charge is -2.15. The van der Waals surface area contributed by atoms with E-state index in [0.29, 0.717) is 34.1 Å². The van der Waals surface area contributed by atoms with Crippen LogP contribution in [0.1, 0.15) is 31.4 Å². The van der Waals surface area contributed by atoms with E-state index in [0.717, 1.165) is 30.6 Å². The first-order valence-corrected chi connectivity index (χ1v) is 9.19. The van der Waals surface area contributed by atoms with Crippen molar-refractivity contribution in [2.45, 2.75) is 33.4 Å². The Morgan fingerprint density at radius 3 is 2.35 bits per heavy atom. The molecular formula is C20H26Cl3NO2. The fourth-order valence-corrected chi connectivity index (χ4v) is 2.79. The molecule has 0 aliphatic carbocycles. The van der Waals surface area contributed by atoms with Gasteiger partial charge in [0, 0.05) is 11.6 Å². The van der Waals surface area contributed by atoms with E-state index in [4.69, 9.17) is 32.7 Å². The van der Waals surface area contributed by atoms with Crippen LogP contribution >= 0.6 is 35.6 Å². The van der Waals surface area contributed by atoms with E-state index in [1.807, 2.05) is 36.4 Å². The van der Waals surface area contributed by atoms with Gasteiger partial charge in [-0.25, -0.2) is 0 Å². The third-order valence-corrected chi connectivity index (χ3v) is 4.35. The van der Waals surface area contributed by atoms with Crippen molar-refractivity contribution in [3.05, 3.63) is 57.6 Å². The van der Waals surface area contributed by atoms with Crippen LogP contribution in [0.3, 0.4) is 0 Å². The number of rotatable bonds is 9. The number of hydrogen-bond acceptors (Lipinski definition) is 3. The predicted octanol–water partition coefficient (Wildman–Crippen LogP) is 6.14. The molecule has 0 unspecified atom stereocenters. The van der Waals surface area contributed by atoms with E-state index in [9.17, 15) is 0 Å². The zero-order valence-corrected chi connectivity index (χ0v) is 17.7. The minimum Gasteiger partial charge on any atom is -0.493 e. The first kappa shape index (κ1) is 22.9. The summed E-state index contributed by atoms with van der Waals surface area (Å²) in [4.78, 5) is 0. The van der Waals surface area contributed by atoms with Gasteiger partial charge in [0.15, 0.2) is 11.5 Å². The smallest absolute Gasteiger partial charge is 0.180 e. The van der Waals surface area contributed by atoms with Gasteiger partial charge in [0.25, 0.3) is 0 Å². The maximum atomic E-state index is 6.41. The minimum atomic E-state index is 0. The molecule has 0 saturated heterocycles. The van der Waals surface area contributed by atoms with Gasteiger partial charge in [-0.15, -0.1) is 12.4 Å². The molecule has 0 aliphatic rings. The molecule has 144 valence electrons. The second-order valence-corrected chi connectivity index (χ2v) is 7.23. The highest BCUT2D eigenvalue weighted by Gasteiger charge is 2.12. The number of nitrogens with one attached hydrogen (secondary N) is 1. The van der Waals surface area contributed by atoms with Crippen LogP contribution in [0.4, 0.5) is 0 Å². The summed E-state index contributed by atoms with van der Waals surface area (Å²) in [5.74, 6) is 1.89. The summed E-state index contributed by atoms with van der Waals surface area (Å²) in [6.07, 6.45) is 1.15. The van der Waals surface area contributed by atoms with Gasteiger partial charge < -0.3 is 14.8 Å². The fourth-order valence-electron chi connectivity index (χ4n) is 2.37. The third-order valence-electron chi connectivity index (χ3n) is 3.81. The Kier molecular flexibility index (Phi) is 10.2. The molecule has 0 radical (unpaired) electrons. The van der Waals surface area contributed by atoms with E-state index in [1.54, 1.807) is 7.11 Å². The van der Waals surface area contributed by atoms with Gasteiger partial charge in [0.1, 0.15) is 6.61 Å². The molecule has 2 aromatic carbocycles. The van der Waals surface area contributed by atoms with Crippen LogP contribution in [-0.4, -0.2) is 13.7 Å². The molecule has 0 fully saturated rings. The number of methoxy groups -OCH3 is 1. The van der Waals surface area contributed by atoms with Gasteiger partial charge in [-0.1, -0.05) is 49.2 Å². The van der Waals surface area contributed by atoms with Crippen LogP contribution in [0.2, 0.25) is 10.0 Å². The lowest BCUT2D eigenvalue weighted by atomic mass is 10.1. The Morgan fingerprint density at radius 1 is 1.04 bits per heavy atom. The molecule has 6 heteroatoms. The van der Waals surface area contributed by atoms with Crippen molar-refractivity contribution < 1.29 is 9.47 Å². The topological polar surface area (TPSA) is 30.5 Å². The molecule has 0 saturated carbocycles. The summed E-state index contributed by atoms with van der Waals surface area (Å²) >= 11 is 12.3. The van der Waals surface area contributed by atoms with Crippen molar-refractivity contribution in [1.29, 1.82) is 0 Å². The number of benzene rings is 2. The monoisotopic (exact) mass is 417 g/mol. The summed E-state index contributed by atoms with van der Waals surface area (Å²) in [7, 11) is 1.62. The van der Waals surface area contributed by atoms with Crippen molar-refractivity contribution in [3.63, 3.8) is 0 Å². The van der Waals surface area contributed by atoms with Crippen LogP contribution < -0.4 is 14.8 Å². The molecule has 0 atom stereocenters.